The van der Waals surface area contributed by atoms with Gasteiger partial charge in [0.1, 0.15) is 5.82 Å². The summed E-state index contributed by atoms with van der Waals surface area (Å²) in [5.74, 6) is -0.116. The first-order chi connectivity index (χ1) is 12.5. The highest BCUT2D eigenvalue weighted by atomic mass is 35.5. The van der Waals surface area contributed by atoms with Gasteiger partial charge < -0.3 is 4.98 Å². The minimum atomic E-state index is -1.07. The maximum absolute atomic E-state index is 14.2. The van der Waals surface area contributed by atoms with Crippen LogP contribution in [0.5, 0.6) is 0 Å². The molecule has 134 valence electrons. The minimum absolute atomic E-state index is 0.0533. The number of nitrogens with zero attached hydrogens (tertiary/aromatic N) is 1. The van der Waals surface area contributed by atoms with Crippen molar-refractivity contribution in [3.05, 3.63) is 70.1 Å². The number of rotatable bonds is 6. The van der Waals surface area contributed by atoms with Crippen LogP contribution < -0.4 is 0 Å². The Kier molecular flexibility index (Phi) is 5.75. The van der Waals surface area contributed by atoms with Crippen LogP contribution in [0, 0.1) is 17.1 Å². The predicted octanol–water partition coefficient (Wildman–Crippen LogP) is 5.27. The number of fused-ring (bicyclic) bond motifs is 1. The second-order valence-electron chi connectivity index (χ2n) is 6.25. The molecule has 3 nitrogen and oxygen atoms in total. The number of hydrogen-bond donors (Lipinski definition) is 1. The van der Waals surface area contributed by atoms with Crippen molar-refractivity contribution >= 4 is 33.3 Å². The second-order valence-corrected chi connectivity index (χ2v) is 8.12. The first kappa shape index (κ1) is 18.6. The van der Waals surface area contributed by atoms with Crippen LogP contribution in [0.1, 0.15) is 35.4 Å². The Labute approximate surface area is 159 Å². The van der Waals surface area contributed by atoms with Gasteiger partial charge in [-0.3, -0.25) is 4.21 Å². The molecule has 2 atom stereocenters. The lowest BCUT2D eigenvalue weighted by Crippen LogP contribution is -2.01. The van der Waals surface area contributed by atoms with E-state index in [0.717, 1.165) is 22.0 Å². The summed E-state index contributed by atoms with van der Waals surface area (Å²) in [4.78, 5) is 3.22. The highest BCUT2D eigenvalue weighted by molar-refractivity contribution is 7.83. The van der Waals surface area contributed by atoms with Gasteiger partial charge in [0.25, 0.3) is 0 Å². The SMILES string of the molecule is CS(=O)Cc1cc(F)cc2c(C(CCC#N)c3ccc(Cl)cc3)c[nH]c12. The maximum atomic E-state index is 14.2. The molecule has 26 heavy (non-hydrogen) atoms. The third-order valence-electron chi connectivity index (χ3n) is 4.42. The first-order valence-electron chi connectivity index (χ1n) is 8.21. The van der Waals surface area contributed by atoms with E-state index < -0.39 is 10.8 Å². The standard InChI is InChI=1S/C20H18ClFN2OS/c1-26(25)12-14-9-16(22)10-18-19(11-24-20(14)18)17(3-2-8-23)13-4-6-15(21)7-5-13/h4-7,9-11,17,24H,2-3,12H2,1H3. The summed E-state index contributed by atoms with van der Waals surface area (Å²) in [5.41, 5.74) is 3.45. The van der Waals surface area contributed by atoms with E-state index in [-0.39, 0.29) is 17.5 Å². The van der Waals surface area contributed by atoms with Gasteiger partial charge >= 0.3 is 0 Å². The van der Waals surface area contributed by atoms with Crippen LogP contribution in [-0.4, -0.2) is 15.4 Å². The Morgan fingerprint density at radius 2 is 2.04 bits per heavy atom. The normalized spacial score (nSPS) is 13.5. The van der Waals surface area contributed by atoms with Crippen molar-refractivity contribution in [3.8, 4) is 6.07 Å². The molecule has 0 saturated heterocycles. The molecule has 3 rings (SSSR count). The third kappa shape index (κ3) is 3.98. The van der Waals surface area contributed by atoms with Crippen molar-refractivity contribution in [1.29, 1.82) is 5.26 Å². The zero-order valence-electron chi connectivity index (χ0n) is 14.3. The summed E-state index contributed by atoms with van der Waals surface area (Å²) in [7, 11) is -1.07. The van der Waals surface area contributed by atoms with E-state index >= 15 is 0 Å². The molecule has 2 unspecified atom stereocenters. The Morgan fingerprint density at radius 3 is 2.69 bits per heavy atom. The van der Waals surface area contributed by atoms with Gasteiger partial charge in [-0.1, -0.05) is 23.7 Å². The zero-order valence-corrected chi connectivity index (χ0v) is 15.8. The molecule has 0 saturated carbocycles. The molecule has 0 radical (unpaired) electrons. The van der Waals surface area contributed by atoms with Gasteiger partial charge in [-0.15, -0.1) is 0 Å². The monoisotopic (exact) mass is 388 g/mol. The molecule has 3 aromatic rings. The van der Waals surface area contributed by atoms with Gasteiger partial charge in [-0.2, -0.15) is 5.26 Å². The van der Waals surface area contributed by atoms with Gasteiger partial charge in [-0.05, 0) is 47.4 Å². The summed E-state index contributed by atoms with van der Waals surface area (Å²) >= 11 is 5.99. The third-order valence-corrected chi connectivity index (χ3v) is 5.39. The number of H-pyrrole nitrogens is 1. The fraction of sp³-hybridized carbons (Fsp3) is 0.250. The van der Waals surface area contributed by atoms with E-state index in [1.54, 1.807) is 6.26 Å². The summed E-state index contributed by atoms with van der Waals surface area (Å²) in [6.07, 6.45) is 4.48. The highest BCUT2D eigenvalue weighted by Crippen LogP contribution is 2.36. The van der Waals surface area contributed by atoms with Crippen LogP contribution in [-0.2, 0) is 16.6 Å². The predicted molar refractivity (Wildman–Crippen MR) is 104 cm³/mol. The van der Waals surface area contributed by atoms with Gasteiger partial charge in [0.05, 0.1) is 17.3 Å². The van der Waals surface area contributed by atoms with Crippen molar-refractivity contribution in [3.63, 3.8) is 0 Å². The summed E-state index contributed by atoms with van der Waals surface area (Å²) in [6.45, 7) is 0. The number of halogens is 2. The Balaban J connectivity index is 2.13. The molecule has 6 heteroatoms. The van der Waals surface area contributed by atoms with Crippen LogP contribution >= 0.6 is 11.6 Å². The lowest BCUT2D eigenvalue weighted by molar-refractivity contribution is 0.628. The molecule has 1 aromatic heterocycles. The van der Waals surface area contributed by atoms with E-state index in [1.807, 2.05) is 30.5 Å². The minimum Gasteiger partial charge on any atom is -0.361 e. The first-order valence-corrected chi connectivity index (χ1v) is 10.3. The largest absolute Gasteiger partial charge is 0.361 e. The quantitative estimate of drug-likeness (QED) is 0.625. The second kappa shape index (κ2) is 8.03. The molecule has 0 spiro atoms. The molecular formula is C20H18ClFN2OS. The van der Waals surface area contributed by atoms with Crippen LogP contribution in [0.3, 0.4) is 0 Å². The van der Waals surface area contributed by atoms with E-state index in [2.05, 4.69) is 11.1 Å². The van der Waals surface area contributed by atoms with Gasteiger partial charge in [0, 0.05) is 46.0 Å². The molecule has 0 bridgehead atoms. The Bertz CT molecular complexity index is 991. The molecule has 0 amide bonds. The molecule has 1 heterocycles. The average Bonchev–Trinajstić information content (AvgIpc) is 3.00. The molecule has 1 N–H and O–H groups in total. The van der Waals surface area contributed by atoms with Crippen LogP contribution in [0.4, 0.5) is 4.39 Å². The average molecular weight is 389 g/mol. The number of benzene rings is 2. The van der Waals surface area contributed by atoms with E-state index in [1.165, 1.54) is 12.1 Å². The molecule has 0 aliphatic carbocycles. The molecule has 0 fully saturated rings. The topological polar surface area (TPSA) is 56.6 Å². The van der Waals surface area contributed by atoms with E-state index in [9.17, 15) is 8.60 Å². The summed E-state index contributed by atoms with van der Waals surface area (Å²) in [6, 6.07) is 12.6. The van der Waals surface area contributed by atoms with Crippen LogP contribution in [0.15, 0.2) is 42.6 Å². The van der Waals surface area contributed by atoms with Gasteiger partial charge in [0.15, 0.2) is 0 Å². The fourth-order valence-electron chi connectivity index (χ4n) is 3.32. The van der Waals surface area contributed by atoms with Crippen molar-refractivity contribution in [2.75, 3.05) is 6.26 Å². The Hall–Kier alpha value is -2.16. The van der Waals surface area contributed by atoms with Gasteiger partial charge in [-0.25, -0.2) is 4.39 Å². The highest BCUT2D eigenvalue weighted by Gasteiger charge is 2.20. The molecular weight excluding hydrogens is 371 g/mol. The van der Waals surface area contributed by atoms with E-state index in [4.69, 9.17) is 16.9 Å². The van der Waals surface area contributed by atoms with Crippen molar-refractivity contribution < 1.29 is 8.60 Å². The van der Waals surface area contributed by atoms with Crippen LogP contribution in [0.2, 0.25) is 5.02 Å². The zero-order chi connectivity index (χ0) is 18.7. The van der Waals surface area contributed by atoms with Gasteiger partial charge in [0.2, 0.25) is 0 Å². The van der Waals surface area contributed by atoms with Crippen molar-refractivity contribution in [2.24, 2.45) is 0 Å². The van der Waals surface area contributed by atoms with Crippen molar-refractivity contribution in [1.82, 2.24) is 4.98 Å². The lowest BCUT2D eigenvalue weighted by atomic mass is 9.87. The van der Waals surface area contributed by atoms with E-state index in [0.29, 0.717) is 23.4 Å². The number of nitrogens with one attached hydrogen (secondary N) is 1. The summed E-state index contributed by atoms with van der Waals surface area (Å²) < 4.78 is 25.8. The fourth-order valence-corrected chi connectivity index (χ4v) is 4.11. The number of nitriles is 1. The molecule has 2 aromatic carbocycles. The lowest BCUT2D eigenvalue weighted by Gasteiger charge is -2.16. The molecule has 0 aliphatic heterocycles. The maximum Gasteiger partial charge on any atom is 0.124 e. The number of aromatic amines is 1. The summed E-state index contributed by atoms with van der Waals surface area (Å²) in [5, 5.41) is 10.4. The Morgan fingerprint density at radius 1 is 1.31 bits per heavy atom. The van der Waals surface area contributed by atoms with Crippen molar-refractivity contribution in [2.45, 2.75) is 24.5 Å². The smallest absolute Gasteiger partial charge is 0.124 e. The number of aromatic nitrogens is 1. The molecule has 0 aliphatic rings. The van der Waals surface area contributed by atoms with Crippen LogP contribution in [0.25, 0.3) is 10.9 Å². The number of hydrogen-bond acceptors (Lipinski definition) is 2.